The Hall–Kier alpha value is -1.16. The summed E-state index contributed by atoms with van der Waals surface area (Å²) < 4.78 is 12.4. The Morgan fingerprint density at radius 1 is 1.06 bits per heavy atom. The number of rotatable bonds is 0. The van der Waals surface area contributed by atoms with Gasteiger partial charge in [-0.15, -0.1) is 0 Å². The van der Waals surface area contributed by atoms with Gasteiger partial charge in [-0.05, 0) is 30.3 Å². The van der Waals surface area contributed by atoms with Gasteiger partial charge in [0.2, 0.25) is 0 Å². The Kier molecular flexibility index (Phi) is 2.54. The molecule has 0 amide bonds. The van der Waals surface area contributed by atoms with E-state index in [0.29, 0.717) is 5.02 Å². The van der Waals surface area contributed by atoms with Crippen molar-refractivity contribution in [1.82, 2.24) is 0 Å². The van der Waals surface area contributed by atoms with Crippen LogP contribution in [0.5, 0.6) is 0 Å². The zero-order valence-electron chi connectivity index (χ0n) is 9.18. The highest BCUT2D eigenvalue weighted by Gasteiger charge is 2.31. The van der Waals surface area contributed by atoms with Crippen LogP contribution in [0.4, 0.5) is 11.4 Å². The molecule has 0 aromatic heterocycles. The van der Waals surface area contributed by atoms with Gasteiger partial charge in [0.1, 0.15) is 0 Å². The summed E-state index contributed by atoms with van der Waals surface area (Å²) in [7, 11) is 1.96. The SMILES string of the molecule is CN1c2ccccc2[S+]([O-])c2ccc(Cl)cc21. The minimum atomic E-state index is -1.12. The number of nitrogens with zero attached hydrogens (tertiary/aromatic N) is 1. The third-order valence-electron chi connectivity index (χ3n) is 2.91. The maximum absolute atomic E-state index is 12.4. The summed E-state index contributed by atoms with van der Waals surface area (Å²) in [4.78, 5) is 3.69. The van der Waals surface area contributed by atoms with Gasteiger partial charge < -0.3 is 9.45 Å². The van der Waals surface area contributed by atoms with E-state index in [9.17, 15) is 4.55 Å². The van der Waals surface area contributed by atoms with Crippen molar-refractivity contribution in [3.63, 3.8) is 0 Å². The fourth-order valence-corrected chi connectivity index (χ4v) is 3.63. The van der Waals surface area contributed by atoms with Crippen molar-refractivity contribution in [2.24, 2.45) is 0 Å². The van der Waals surface area contributed by atoms with E-state index in [1.807, 2.05) is 48.3 Å². The second-order valence-electron chi connectivity index (χ2n) is 3.91. The van der Waals surface area contributed by atoms with Crippen molar-refractivity contribution in [3.8, 4) is 0 Å². The number of para-hydroxylation sites is 1. The molecule has 1 heterocycles. The molecule has 0 N–H and O–H groups in total. The Labute approximate surface area is 108 Å². The van der Waals surface area contributed by atoms with Crippen LogP contribution in [-0.4, -0.2) is 11.6 Å². The molecule has 0 saturated heterocycles. The maximum Gasteiger partial charge on any atom is 0.182 e. The highest BCUT2D eigenvalue weighted by Crippen LogP contribution is 2.43. The fourth-order valence-electron chi connectivity index (χ4n) is 2.05. The van der Waals surface area contributed by atoms with Gasteiger partial charge in [0, 0.05) is 23.2 Å². The summed E-state index contributed by atoms with van der Waals surface area (Å²) in [6, 6.07) is 13.2. The van der Waals surface area contributed by atoms with Crippen molar-refractivity contribution < 1.29 is 4.55 Å². The molecule has 1 aliphatic heterocycles. The summed E-state index contributed by atoms with van der Waals surface area (Å²) in [5, 5.41) is 0.659. The molecule has 86 valence electrons. The zero-order valence-corrected chi connectivity index (χ0v) is 10.8. The molecule has 2 nitrogen and oxygen atoms in total. The average Bonchev–Trinajstić information content (AvgIpc) is 2.36. The molecule has 2 aromatic carbocycles. The number of hydrogen-bond donors (Lipinski definition) is 0. The first-order valence-electron chi connectivity index (χ1n) is 5.22. The molecule has 0 bridgehead atoms. The third kappa shape index (κ3) is 1.62. The molecule has 17 heavy (non-hydrogen) atoms. The first-order chi connectivity index (χ1) is 8.18. The van der Waals surface area contributed by atoms with E-state index >= 15 is 0 Å². The van der Waals surface area contributed by atoms with Crippen LogP contribution in [0.15, 0.2) is 52.3 Å². The molecule has 0 aliphatic carbocycles. The Bertz CT molecular complexity index is 587. The number of halogens is 1. The second kappa shape index (κ2) is 3.95. The zero-order chi connectivity index (χ0) is 12.0. The topological polar surface area (TPSA) is 26.3 Å². The third-order valence-corrected chi connectivity index (χ3v) is 4.63. The molecular weight excluding hydrogens is 254 g/mol. The predicted molar refractivity (Wildman–Crippen MR) is 70.6 cm³/mol. The Balaban J connectivity index is 2.25. The van der Waals surface area contributed by atoms with Gasteiger partial charge in [-0.3, -0.25) is 0 Å². The molecule has 0 radical (unpaired) electrons. The van der Waals surface area contributed by atoms with E-state index in [2.05, 4.69) is 0 Å². The van der Waals surface area contributed by atoms with Gasteiger partial charge in [0.25, 0.3) is 0 Å². The normalized spacial score (nSPS) is 17.6. The van der Waals surface area contributed by atoms with E-state index in [1.54, 1.807) is 6.07 Å². The van der Waals surface area contributed by atoms with Crippen molar-refractivity contribution in [2.45, 2.75) is 9.79 Å². The smallest absolute Gasteiger partial charge is 0.182 e. The van der Waals surface area contributed by atoms with Crippen LogP contribution in [-0.2, 0) is 11.2 Å². The lowest BCUT2D eigenvalue weighted by molar-refractivity contribution is 0.593. The largest absolute Gasteiger partial charge is 0.606 e. The lowest BCUT2D eigenvalue weighted by Gasteiger charge is -2.29. The van der Waals surface area contributed by atoms with Crippen molar-refractivity contribution >= 4 is 34.2 Å². The first-order valence-corrected chi connectivity index (χ1v) is 6.75. The molecule has 1 atom stereocenters. The van der Waals surface area contributed by atoms with Gasteiger partial charge >= 0.3 is 0 Å². The van der Waals surface area contributed by atoms with Crippen molar-refractivity contribution in [2.75, 3.05) is 11.9 Å². The molecule has 0 saturated carbocycles. The van der Waals surface area contributed by atoms with Crippen LogP contribution >= 0.6 is 11.6 Å². The second-order valence-corrected chi connectivity index (χ2v) is 5.76. The molecule has 0 fully saturated rings. The van der Waals surface area contributed by atoms with E-state index in [0.717, 1.165) is 21.2 Å². The molecule has 4 heteroatoms. The van der Waals surface area contributed by atoms with Gasteiger partial charge in [-0.1, -0.05) is 23.7 Å². The minimum absolute atomic E-state index is 0.659. The molecule has 3 rings (SSSR count). The van der Waals surface area contributed by atoms with Crippen molar-refractivity contribution in [1.29, 1.82) is 0 Å². The summed E-state index contributed by atoms with van der Waals surface area (Å²) >= 11 is 4.87. The fraction of sp³-hybridized carbons (Fsp3) is 0.0769. The minimum Gasteiger partial charge on any atom is -0.606 e. The molecule has 2 aromatic rings. The van der Waals surface area contributed by atoms with Crippen LogP contribution < -0.4 is 4.90 Å². The molecule has 1 unspecified atom stereocenters. The van der Waals surface area contributed by atoms with Gasteiger partial charge in [0.05, 0.1) is 11.4 Å². The summed E-state index contributed by atoms with van der Waals surface area (Å²) in [6.45, 7) is 0. The summed E-state index contributed by atoms with van der Waals surface area (Å²) in [6.07, 6.45) is 0. The Morgan fingerprint density at radius 2 is 1.76 bits per heavy atom. The number of anilines is 2. The quantitative estimate of drug-likeness (QED) is 0.679. The van der Waals surface area contributed by atoms with Crippen molar-refractivity contribution in [3.05, 3.63) is 47.5 Å². The number of hydrogen-bond acceptors (Lipinski definition) is 2. The monoisotopic (exact) mass is 263 g/mol. The van der Waals surface area contributed by atoms with Crippen LogP contribution in [0.3, 0.4) is 0 Å². The molecular formula is C13H10ClNOS. The van der Waals surface area contributed by atoms with Crippen LogP contribution in [0.1, 0.15) is 0 Å². The first kappa shape index (κ1) is 11.0. The summed E-state index contributed by atoms with van der Waals surface area (Å²) in [5.74, 6) is 0. The van der Waals surface area contributed by atoms with Crippen LogP contribution in [0, 0.1) is 0 Å². The number of benzene rings is 2. The van der Waals surface area contributed by atoms with Gasteiger partial charge in [-0.25, -0.2) is 0 Å². The number of fused-ring (bicyclic) bond motifs is 2. The van der Waals surface area contributed by atoms with E-state index < -0.39 is 11.2 Å². The molecule has 0 spiro atoms. The average molecular weight is 264 g/mol. The predicted octanol–water partition coefficient (Wildman–Crippen LogP) is 3.59. The lowest BCUT2D eigenvalue weighted by atomic mass is 10.2. The van der Waals surface area contributed by atoms with E-state index in [1.165, 1.54) is 0 Å². The van der Waals surface area contributed by atoms with E-state index in [-0.39, 0.29) is 0 Å². The summed E-state index contributed by atoms with van der Waals surface area (Å²) in [5.41, 5.74) is 1.88. The standard InChI is InChI=1S/C13H10ClNOS/c1-15-10-4-2-3-5-12(10)17(16)13-7-6-9(14)8-11(13)15/h2-8H,1H3. The van der Waals surface area contributed by atoms with E-state index in [4.69, 9.17) is 11.6 Å². The highest BCUT2D eigenvalue weighted by molar-refractivity contribution is 7.92. The lowest BCUT2D eigenvalue weighted by Crippen LogP contribution is -2.22. The van der Waals surface area contributed by atoms with Crippen LogP contribution in [0.25, 0.3) is 0 Å². The maximum atomic E-state index is 12.4. The highest BCUT2D eigenvalue weighted by atomic mass is 35.5. The Morgan fingerprint density at radius 3 is 2.59 bits per heavy atom. The van der Waals surface area contributed by atoms with Gasteiger partial charge in [-0.2, -0.15) is 0 Å². The molecule has 1 aliphatic rings. The van der Waals surface area contributed by atoms with Gasteiger partial charge in [0.15, 0.2) is 9.79 Å². The van der Waals surface area contributed by atoms with Crippen LogP contribution in [0.2, 0.25) is 5.02 Å².